The summed E-state index contributed by atoms with van der Waals surface area (Å²) in [5.41, 5.74) is 0.942. The minimum absolute atomic E-state index is 0.0382. The van der Waals surface area contributed by atoms with Crippen molar-refractivity contribution in [2.24, 2.45) is 0 Å². The van der Waals surface area contributed by atoms with E-state index in [1.165, 1.54) is 6.92 Å². The number of hydrogen-bond acceptors (Lipinski definition) is 3. The molecule has 0 unspecified atom stereocenters. The van der Waals surface area contributed by atoms with Gasteiger partial charge in [0.05, 0.1) is 12.1 Å². The van der Waals surface area contributed by atoms with E-state index in [1.54, 1.807) is 31.2 Å². The standard InChI is InChI=1S/C13H15NO3/c1-3-12(16)10-6-4-5-7-11(10)14-13(17)8-9(2)15/h4-7H,3,8H2,1-2H3,(H,14,17). The maximum Gasteiger partial charge on any atom is 0.231 e. The van der Waals surface area contributed by atoms with Gasteiger partial charge in [0.25, 0.3) is 0 Å². The fourth-order valence-electron chi connectivity index (χ4n) is 1.45. The molecule has 90 valence electrons. The molecule has 0 atom stereocenters. The summed E-state index contributed by atoms with van der Waals surface area (Å²) in [5.74, 6) is -0.639. The zero-order chi connectivity index (χ0) is 12.8. The number of benzene rings is 1. The molecule has 0 bridgehead atoms. The van der Waals surface area contributed by atoms with E-state index in [-0.39, 0.29) is 18.0 Å². The number of para-hydroxylation sites is 1. The van der Waals surface area contributed by atoms with Crippen molar-refractivity contribution in [2.75, 3.05) is 5.32 Å². The number of ketones is 2. The van der Waals surface area contributed by atoms with Crippen molar-refractivity contribution in [2.45, 2.75) is 26.7 Å². The molecule has 17 heavy (non-hydrogen) atoms. The van der Waals surface area contributed by atoms with Crippen LogP contribution in [0.25, 0.3) is 0 Å². The first-order chi connectivity index (χ1) is 8.04. The Kier molecular flexibility index (Phi) is 4.57. The Balaban J connectivity index is 2.87. The topological polar surface area (TPSA) is 63.2 Å². The van der Waals surface area contributed by atoms with Gasteiger partial charge in [0.1, 0.15) is 5.78 Å². The van der Waals surface area contributed by atoms with Crippen LogP contribution < -0.4 is 5.32 Å². The van der Waals surface area contributed by atoms with Crippen LogP contribution in [0.4, 0.5) is 5.69 Å². The average molecular weight is 233 g/mol. The van der Waals surface area contributed by atoms with Crippen molar-refractivity contribution in [1.29, 1.82) is 0 Å². The highest BCUT2D eigenvalue weighted by molar-refractivity contribution is 6.08. The van der Waals surface area contributed by atoms with Gasteiger partial charge in [0.2, 0.25) is 5.91 Å². The largest absolute Gasteiger partial charge is 0.325 e. The molecule has 1 aromatic carbocycles. The van der Waals surface area contributed by atoms with Gasteiger partial charge >= 0.3 is 0 Å². The molecule has 0 heterocycles. The van der Waals surface area contributed by atoms with Gasteiger partial charge in [-0.3, -0.25) is 14.4 Å². The predicted molar refractivity (Wildman–Crippen MR) is 65.0 cm³/mol. The maximum absolute atomic E-state index is 11.6. The van der Waals surface area contributed by atoms with Crippen molar-refractivity contribution in [1.82, 2.24) is 0 Å². The number of nitrogens with one attached hydrogen (secondary N) is 1. The summed E-state index contributed by atoms with van der Waals surface area (Å²) in [6, 6.07) is 6.79. The summed E-state index contributed by atoms with van der Waals surface area (Å²) in [6.45, 7) is 3.11. The van der Waals surface area contributed by atoms with Crippen LogP contribution in [0.5, 0.6) is 0 Å². The Morgan fingerprint density at radius 1 is 1.18 bits per heavy atom. The van der Waals surface area contributed by atoms with Gasteiger partial charge < -0.3 is 5.32 Å². The average Bonchev–Trinajstić information content (AvgIpc) is 2.27. The Hall–Kier alpha value is -1.97. The summed E-state index contributed by atoms with van der Waals surface area (Å²) in [7, 11) is 0. The van der Waals surface area contributed by atoms with Crippen LogP contribution >= 0.6 is 0 Å². The molecule has 0 aliphatic rings. The number of hydrogen-bond donors (Lipinski definition) is 1. The van der Waals surface area contributed by atoms with Crippen LogP contribution in [-0.4, -0.2) is 17.5 Å². The molecule has 0 spiro atoms. The second-order valence-corrected chi connectivity index (χ2v) is 3.75. The number of Topliss-reactive ketones (excluding diaryl/α,β-unsaturated/α-hetero) is 2. The predicted octanol–water partition coefficient (Wildman–Crippen LogP) is 2.20. The van der Waals surface area contributed by atoms with Gasteiger partial charge in [-0.2, -0.15) is 0 Å². The van der Waals surface area contributed by atoms with Gasteiger partial charge in [0, 0.05) is 12.0 Å². The first-order valence-electron chi connectivity index (χ1n) is 5.46. The minimum Gasteiger partial charge on any atom is -0.325 e. The first kappa shape index (κ1) is 13.1. The third kappa shape index (κ3) is 3.83. The van der Waals surface area contributed by atoms with E-state index in [0.717, 1.165) is 0 Å². The second kappa shape index (κ2) is 5.94. The van der Waals surface area contributed by atoms with E-state index in [2.05, 4.69) is 5.32 Å². The number of rotatable bonds is 5. The van der Waals surface area contributed by atoms with Gasteiger partial charge in [-0.05, 0) is 19.1 Å². The van der Waals surface area contributed by atoms with E-state index >= 15 is 0 Å². The van der Waals surface area contributed by atoms with Crippen LogP contribution in [0.1, 0.15) is 37.0 Å². The van der Waals surface area contributed by atoms with Crippen molar-refractivity contribution in [3.63, 3.8) is 0 Å². The Labute approximate surface area is 100 Å². The van der Waals surface area contributed by atoms with Crippen LogP contribution in [0.3, 0.4) is 0 Å². The molecule has 4 heteroatoms. The molecule has 0 aliphatic heterocycles. The number of amides is 1. The molecule has 1 aromatic rings. The normalized spacial score (nSPS) is 9.76. The van der Waals surface area contributed by atoms with Gasteiger partial charge in [-0.25, -0.2) is 0 Å². The number of carbonyl (C=O) groups excluding carboxylic acids is 3. The fraction of sp³-hybridized carbons (Fsp3) is 0.308. The van der Waals surface area contributed by atoms with Crippen molar-refractivity contribution >= 4 is 23.2 Å². The molecule has 1 amide bonds. The highest BCUT2D eigenvalue weighted by Crippen LogP contribution is 2.17. The molecule has 1 rings (SSSR count). The summed E-state index contributed by atoms with van der Waals surface area (Å²) in [5, 5.41) is 2.58. The Morgan fingerprint density at radius 2 is 1.82 bits per heavy atom. The summed E-state index contributed by atoms with van der Waals surface area (Å²) < 4.78 is 0. The number of anilines is 1. The molecular weight excluding hydrogens is 218 g/mol. The van der Waals surface area contributed by atoms with E-state index in [4.69, 9.17) is 0 Å². The minimum atomic E-state index is -0.395. The first-order valence-corrected chi connectivity index (χ1v) is 5.46. The monoisotopic (exact) mass is 233 g/mol. The van der Waals surface area contributed by atoms with Gasteiger partial charge in [-0.15, -0.1) is 0 Å². The van der Waals surface area contributed by atoms with Gasteiger partial charge in [0.15, 0.2) is 5.78 Å². The molecule has 1 N–H and O–H groups in total. The highest BCUT2D eigenvalue weighted by Gasteiger charge is 2.12. The molecule has 4 nitrogen and oxygen atoms in total. The third-order valence-electron chi connectivity index (χ3n) is 2.23. The molecule has 0 radical (unpaired) electrons. The van der Waals surface area contributed by atoms with E-state index in [9.17, 15) is 14.4 Å². The Bertz CT molecular complexity index is 452. The summed E-state index contributed by atoms with van der Waals surface area (Å²) >= 11 is 0. The maximum atomic E-state index is 11.6. The zero-order valence-corrected chi connectivity index (χ0v) is 9.95. The lowest BCUT2D eigenvalue weighted by Crippen LogP contribution is -2.16. The molecule has 0 aliphatic carbocycles. The van der Waals surface area contributed by atoms with Crippen molar-refractivity contribution in [3.8, 4) is 0 Å². The van der Waals surface area contributed by atoms with Crippen LogP contribution in [0.2, 0.25) is 0 Å². The lowest BCUT2D eigenvalue weighted by atomic mass is 10.1. The van der Waals surface area contributed by atoms with Crippen LogP contribution in [0.15, 0.2) is 24.3 Å². The lowest BCUT2D eigenvalue weighted by Gasteiger charge is -2.08. The van der Waals surface area contributed by atoms with Crippen LogP contribution in [0, 0.1) is 0 Å². The van der Waals surface area contributed by atoms with Crippen molar-refractivity contribution < 1.29 is 14.4 Å². The van der Waals surface area contributed by atoms with Crippen molar-refractivity contribution in [3.05, 3.63) is 29.8 Å². The van der Waals surface area contributed by atoms with E-state index < -0.39 is 5.91 Å². The SMILES string of the molecule is CCC(=O)c1ccccc1NC(=O)CC(C)=O. The fourth-order valence-corrected chi connectivity index (χ4v) is 1.45. The lowest BCUT2D eigenvalue weighted by molar-refractivity contribution is -0.124. The van der Waals surface area contributed by atoms with E-state index in [1.807, 2.05) is 0 Å². The molecule has 0 fully saturated rings. The molecular formula is C13H15NO3. The number of carbonyl (C=O) groups is 3. The summed E-state index contributed by atoms with van der Waals surface area (Å²) in [6.07, 6.45) is 0.203. The molecule has 0 saturated heterocycles. The highest BCUT2D eigenvalue weighted by atomic mass is 16.2. The van der Waals surface area contributed by atoms with Crippen LogP contribution in [-0.2, 0) is 9.59 Å². The molecule has 0 aromatic heterocycles. The second-order valence-electron chi connectivity index (χ2n) is 3.75. The quantitative estimate of drug-likeness (QED) is 0.626. The third-order valence-corrected chi connectivity index (χ3v) is 2.23. The zero-order valence-electron chi connectivity index (χ0n) is 9.95. The summed E-state index contributed by atoms with van der Waals surface area (Å²) in [4.78, 5) is 33.9. The van der Waals surface area contributed by atoms with E-state index in [0.29, 0.717) is 17.7 Å². The smallest absolute Gasteiger partial charge is 0.231 e. The Morgan fingerprint density at radius 3 is 2.41 bits per heavy atom. The molecule has 0 saturated carbocycles. The van der Waals surface area contributed by atoms with Gasteiger partial charge in [-0.1, -0.05) is 19.1 Å².